The van der Waals surface area contributed by atoms with Gasteiger partial charge in [-0.15, -0.1) is 0 Å². The number of ether oxygens (including phenoxy) is 2. The summed E-state index contributed by atoms with van der Waals surface area (Å²) in [7, 11) is 3.08. The second-order valence-electron chi connectivity index (χ2n) is 6.81. The van der Waals surface area contributed by atoms with Crippen LogP contribution in [-0.4, -0.2) is 31.2 Å². The highest BCUT2D eigenvalue weighted by atomic mass is 35.5. The van der Waals surface area contributed by atoms with E-state index in [1.165, 1.54) is 7.11 Å². The molecule has 3 rings (SSSR count). The van der Waals surface area contributed by atoms with Gasteiger partial charge in [-0.3, -0.25) is 0 Å². The summed E-state index contributed by atoms with van der Waals surface area (Å²) in [5.41, 5.74) is 1.63. The number of nitrogens with one attached hydrogen (secondary N) is 1. The molecule has 6 heteroatoms. The minimum Gasteiger partial charge on any atom is -0.495 e. The van der Waals surface area contributed by atoms with Crippen LogP contribution in [0.4, 0.5) is 10.5 Å². The third kappa shape index (κ3) is 4.66. The van der Waals surface area contributed by atoms with Gasteiger partial charge < -0.3 is 19.7 Å². The van der Waals surface area contributed by atoms with Crippen molar-refractivity contribution in [1.82, 2.24) is 4.90 Å². The first-order valence-corrected chi connectivity index (χ1v) is 9.44. The van der Waals surface area contributed by atoms with Crippen LogP contribution >= 0.6 is 11.6 Å². The molecule has 1 aliphatic carbocycles. The van der Waals surface area contributed by atoms with Gasteiger partial charge in [0.2, 0.25) is 0 Å². The van der Waals surface area contributed by atoms with Crippen molar-refractivity contribution in [3.63, 3.8) is 0 Å². The first-order chi connectivity index (χ1) is 13.0. The fourth-order valence-electron chi connectivity index (χ4n) is 3.16. The van der Waals surface area contributed by atoms with Crippen LogP contribution in [-0.2, 0) is 6.54 Å². The average molecular weight is 389 g/mol. The molecule has 144 valence electrons. The fraction of sp³-hybridized carbons (Fsp3) is 0.381. The summed E-state index contributed by atoms with van der Waals surface area (Å²) in [5, 5.41) is 3.40. The molecule has 1 N–H and O–H groups in total. The van der Waals surface area contributed by atoms with Gasteiger partial charge in [0.1, 0.15) is 11.5 Å². The zero-order valence-electron chi connectivity index (χ0n) is 15.9. The maximum Gasteiger partial charge on any atom is 0.322 e. The van der Waals surface area contributed by atoms with Crippen LogP contribution < -0.4 is 14.8 Å². The number of benzene rings is 2. The van der Waals surface area contributed by atoms with Crippen LogP contribution in [0.1, 0.15) is 25.3 Å². The Hall–Kier alpha value is -2.40. The van der Waals surface area contributed by atoms with Crippen molar-refractivity contribution in [2.45, 2.75) is 32.4 Å². The number of urea groups is 1. The highest BCUT2D eigenvalue weighted by molar-refractivity contribution is 6.32. The minimum absolute atomic E-state index is 0.158. The number of hydrogen-bond acceptors (Lipinski definition) is 3. The van der Waals surface area contributed by atoms with E-state index in [4.69, 9.17) is 21.1 Å². The molecule has 2 aromatic rings. The van der Waals surface area contributed by atoms with Gasteiger partial charge in [0.05, 0.1) is 24.9 Å². The van der Waals surface area contributed by atoms with Crippen LogP contribution in [0.3, 0.4) is 0 Å². The third-order valence-electron chi connectivity index (χ3n) is 4.97. The van der Waals surface area contributed by atoms with E-state index in [0.29, 0.717) is 34.7 Å². The molecule has 1 unspecified atom stereocenters. The number of methoxy groups -OCH3 is 2. The van der Waals surface area contributed by atoms with Gasteiger partial charge in [-0.1, -0.05) is 41.9 Å². The van der Waals surface area contributed by atoms with E-state index in [1.807, 2.05) is 35.2 Å². The summed E-state index contributed by atoms with van der Waals surface area (Å²) < 4.78 is 10.6. The van der Waals surface area contributed by atoms with Gasteiger partial charge in [0, 0.05) is 24.7 Å². The van der Waals surface area contributed by atoms with Gasteiger partial charge in [0.15, 0.2) is 0 Å². The van der Waals surface area contributed by atoms with Crippen LogP contribution in [0.2, 0.25) is 5.02 Å². The molecule has 0 heterocycles. The molecule has 27 heavy (non-hydrogen) atoms. The zero-order valence-corrected chi connectivity index (χ0v) is 16.6. The zero-order chi connectivity index (χ0) is 19.4. The largest absolute Gasteiger partial charge is 0.495 e. The van der Waals surface area contributed by atoms with Crippen molar-refractivity contribution in [2.24, 2.45) is 5.92 Å². The van der Waals surface area contributed by atoms with E-state index < -0.39 is 0 Å². The lowest BCUT2D eigenvalue weighted by atomic mass is 10.1. The van der Waals surface area contributed by atoms with E-state index >= 15 is 0 Å². The van der Waals surface area contributed by atoms with Crippen molar-refractivity contribution in [2.75, 3.05) is 19.5 Å². The Kier molecular flexibility index (Phi) is 6.11. The molecule has 2 amide bonds. The molecular formula is C21H25ClN2O3. The van der Waals surface area contributed by atoms with Crippen molar-refractivity contribution in [3.05, 3.63) is 53.1 Å². The van der Waals surface area contributed by atoms with Crippen molar-refractivity contribution in [1.29, 1.82) is 0 Å². The summed E-state index contributed by atoms with van der Waals surface area (Å²) in [6.07, 6.45) is 2.33. The van der Waals surface area contributed by atoms with Crippen LogP contribution in [0.25, 0.3) is 0 Å². The number of nitrogens with zero attached hydrogens (tertiary/aromatic N) is 1. The van der Waals surface area contributed by atoms with Gasteiger partial charge in [-0.25, -0.2) is 4.79 Å². The van der Waals surface area contributed by atoms with Crippen molar-refractivity contribution >= 4 is 23.3 Å². The molecule has 1 aliphatic rings. The fourth-order valence-corrected chi connectivity index (χ4v) is 3.39. The van der Waals surface area contributed by atoms with E-state index in [9.17, 15) is 4.79 Å². The molecular weight excluding hydrogens is 364 g/mol. The Morgan fingerprint density at radius 3 is 2.44 bits per heavy atom. The van der Waals surface area contributed by atoms with Crippen LogP contribution in [0, 0.1) is 5.92 Å². The first kappa shape index (κ1) is 19.4. The normalized spacial score (nSPS) is 14.4. The molecule has 5 nitrogen and oxygen atoms in total. The molecule has 1 saturated carbocycles. The summed E-state index contributed by atoms with van der Waals surface area (Å²) >= 11 is 6.16. The van der Waals surface area contributed by atoms with Crippen LogP contribution in [0.15, 0.2) is 42.5 Å². The number of anilines is 1. The van der Waals surface area contributed by atoms with Gasteiger partial charge in [-0.2, -0.15) is 0 Å². The molecule has 0 radical (unpaired) electrons. The Balaban J connectivity index is 1.84. The van der Waals surface area contributed by atoms with E-state index in [0.717, 1.165) is 18.4 Å². The second-order valence-corrected chi connectivity index (χ2v) is 7.22. The molecule has 1 atom stereocenters. The molecule has 0 spiro atoms. The highest BCUT2D eigenvalue weighted by Gasteiger charge is 2.34. The smallest absolute Gasteiger partial charge is 0.322 e. The lowest BCUT2D eigenvalue weighted by Gasteiger charge is -2.30. The van der Waals surface area contributed by atoms with Gasteiger partial charge in [-0.05, 0) is 31.2 Å². The van der Waals surface area contributed by atoms with Crippen molar-refractivity contribution < 1.29 is 14.3 Å². The lowest BCUT2D eigenvalue weighted by molar-refractivity contribution is 0.180. The van der Waals surface area contributed by atoms with Gasteiger partial charge >= 0.3 is 6.03 Å². The Morgan fingerprint density at radius 1 is 1.19 bits per heavy atom. The number of carbonyl (C=O) groups is 1. The predicted molar refractivity (Wildman–Crippen MR) is 108 cm³/mol. The molecule has 1 fully saturated rings. The van der Waals surface area contributed by atoms with Gasteiger partial charge in [0.25, 0.3) is 0 Å². The first-order valence-electron chi connectivity index (χ1n) is 9.06. The lowest BCUT2D eigenvalue weighted by Crippen LogP contribution is -2.42. The minimum atomic E-state index is -0.166. The van der Waals surface area contributed by atoms with Crippen LogP contribution in [0.5, 0.6) is 11.5 Å². The Bertz CT molecular complexity index is 794. The highest BCUT2D eigenvalue weighted by Crippen LogP contribution is 2.38. The monoisotopic (exact) mass is 388 g/mol. The maximum absolute atomic E-state index is 13.1. The summed E-state index contributed by atoms with van der Waals surface area (Å²) in [6.45, 7) is 2.66. The van der Waals surface area contributed by atoms with Crippen molar-refractivity contribution in [3.8, 4) is 11.5 Å². The number of amides is 2. The molecule has 0 aliphatic heterocycles. The number of halogens is 1. The maximum atomic E-state index is 13.1. The number of rotatable bonds is 7. The quantitative estimate of drug-likeness (QED) is 0.710. The van der Waals surface area contributed by atoms with E-state index in [1.54, 1.807) is 19.2 Å². The Morgan fingerprint density at radius 2 is 1.85 bits per heavy atom. The molecule has 0 aromatic heterocycles. The molecule has 0 saturated heterocycles. The predicted octanol–water partition coefficient (Wildman–Crippen LogP) is 5.19. The molecule has 2 aromatic carbocycles. The average Bonchev–Trinajstić information content (AvgIpc) is 3.52. The topological polar surface area (TPSA) is 50.8 Å². The van der Waals surface area contributed by atoms with E-state index in [-0.39, 0.29) is 12.1 Å². The Labute approximate surface area is 165 Å². The number of hydrogen-bond donors (Lipinski definition) is 1. The molecule has 0 bridgehead atoms. The summed E-state index contributed by atoms with van der Waals surface area (Å²) in [5.74, 6) is 1.53. The van der Waals surface area contributed by atoms with E-state index in [2.05, 4.69) is 12.2 Å². The standard InChI is InChI=1S/C21H25ClN2O3/c1-14(16-9-10-16)24(13-15-7-5-4-6-8-15)21(25)23-18-12-19(26-2)17(22)11-20(18)27-3/h4-8,11-12,14,16H,9-10,13H2,1-3H3,(H,23,25). The third-order valence-corrected chi connectivity index (χ3v) is 5.26. The summed E-state index contributed by atoms with van der Waals surface area (Å²) in [6, 6.07) is 13.3. The number of carbonyl (C=O) groups excluding carboxylic acids is 1. The summed E-state index contributed by atoms with van der Waals surface area (Å²) in [4.78, 5) is 15.0. The SMILES string of the molecule is COc1cc(NC(=O)N(Cc2ccccc2)C(C)C2CC2)c(OC)cc1Cl. The second kappa shape index (κ2) is 8.53.